The summed E-state index contributed by atoms with van der Waals surface area (Å²) in [5.41, 5.74) is 6.33. The van der Waals surface area contributed by atoms with Crippen molar-refractivity contribution in [3.8, 4) is 0 Å². The SMILES string of the molecule is CCn1nccc1C(NN)c1cccc(C)c1. The molecule has 0 saturated heterocycles. The quantitative estimate of drug-likeness (QED) is 0.621. The van der Waals surface area contributed by atoms with Crippen LogP contribution in [0.15, 0.2) is 36.5 Å². The van der Waals surface area contributed by atoms with E-state index in [4.69, 9.17) is 5.84 Å². The van der Waals surface area contributed by atoms with Gasteiger partial charge in [-0.1, -0.05) is 29.8 Å². The normalized spacial score (nSPS) is 12.6. The largest absolute Gasteiger partial charge is 0.271 e. The maximum absolute atomic E-state index is 5.68. The van der Waals surface area contributed by atoms with E-state index in [9.17, 15) is 0 Å². The highest BCUT2D eigenvalue weighted by Crippen LogP contribution is 2.21. The summed E-state index contributed by atoms with van der Waals surface area (Å²) in [5.74, 6) is 5.68. The van der Waals surface area contributed by atoms with Crippen LogP contribution < -0.4 is 11.3 Å². The van der Waals surface area contributed by atoms with Crippen molar-refractivity contribution in [1.82, 2.24) is 15.2 Å². The summed E-state index contributed by atoms with van der Waals surface area (Å²) in [6.45, 7) is 4.99. The minimum absolute atomic E-state index is 0.0163. The smallest absolute Gasteiger partial charge is 0.0878 e. The summed E-state index contributed by atoms with van der Waals surface area (Å²) >= 11 is 0. The number of nitrogens with one attached hydrogen (secondary N) is 1. The fourth-order valence-corrected chi connectivity index (χ4v) is 2.05. The monoisotopic (exact) mass is 230 g/mol. The predicted octanol–water partition coefficient (Wildman–Crippen LogP) is 1.76. The zero-order chi connectivity index (χ0) is 12.3. The van der Waals surface area contributed by atoms with Gasteiger partial charge >= 0.3 is 0 Å². The van der Waals surface area contributed by atoms with Gasteiger partial charge in [0.2, 0.25) is 0 Å². The van der Waals surface area contributed by atoms with Gasteiger partial charge in [0.15, 0.2) is 0 Å². The van der Waals surface area contributed by atoms with E-state index in [1.807, 2.05) is 16.8 Å². The van der Waals surface area contributed by atoms with Crippen molar-refractivity contribution >= 4 is 0 Å². The van der Waals surface area contributed by atoms with Gasteiger partial charge in [0.05, 0.1) is 11.7 Å². The number of hydrogen-bond donors (Lipinski definition) is 2. The lowest BCUT2D eigenvalue weighted by Gasteiger charge is -2.18. The van der Waals surface area contributed by atoms with Crippen LogP contribution in [0.1, 0.15) is 29.8 Å². The average molecular weight is 230 g/mol. The molecule has 0 aliphatic carbocycles. The number of hydrogen-bond acceptors (Lipinski definition) is 3. The lowest BCUT2D eigenvalue weighted by Crippen LogP contribution is -2.30. The highest BCUT2D eigenvalue weighted by molar-refractivity contribution is 5.30. The van der Waals surface area contributed by atoms with E-state index < -0.39 is 0 Å². The number of aryl methyl sites for hydroxylation is 2. The molecular weight excluding hydrogens is 212 g/mol. The molecule has 90 valence electrons. The Labute approximate surface area is 101 Å². The van der Waals surface area contributed by atoms with Crippen molar-refractivity contribution in [1.29, 1.82) is 0 Å². The van der Waals surface area contributed by atoms with Gasteiger partial charge in [-0.2, -0.15) is 5.10 Å². The van der Waals surface area contributed by atoms with Gasteiger partial charge in [-0.3, -0.25) is 10.5 Å². The van der Waals surface area contributed by atoms with Crippen LogP contribution in [0, 0.1) is 6.92 Å². The first-order chi connectivity index (χ1) is 8.26. The Morgan fingerprint density at radius 1 is 1.41 bits per heavy atom. The maximum atomic E-state index is 5.68. The third-order valence-electron chi connectivity index (χ3n) is 2.89. The number of aromatic nitrogens is 2. The summed E-state index contributed by atoms with van der Waals surface area (Å²) in [4.78, 5) is 0. The van der Waals surface area contributed by atoms with Gasteiger partial charge < -0.3 is 0 Å². The van der Waals surface area contributed by atoms with Gasteiger partial charge in [-0.05, 0) is 25.5 Å². The third kappa shape index (κ3) is 2.38. The molecule has 0 aliphatic rings. The maximum Gasteiger partial charge on any atom is 0.0878 e. The molecule has 4 heteroatoms. The summed E-state index contributed by atoms with van der Waals surface area (Å²) in [6, 6.07) is 10.3. The minimum atomic E-state index is -0.0163. The lowest BCUT2D eigenvalue weighted by molar-refractivity contribution is 0.543. The molecule has 17 heavy (non-hydrogen) atoms. The Morgan fingerprint density at radius 3 is 2.88 bits per heavy atom. The van der Waals surface area contributed by atoms with Crippen molar-refractivity contribution in [3.63, 3.8) is 0 Å². The van der Waals surface area contributed by atoms with Crippen LogP contribution in [0.5, 0.6) is 0 Å². The summed E-state index contributed by atoms with van der Waals surface area (Å²) in [7, 11) is 0. The van der Waals surface area contributed by atoms with E-state index in [1.165, 1.54) is 5.56 Å². The fraction of sp³-hybridized carbons (Fsp3) is 0.308. The molecule has 1 aromatic carbocycles. The Kier molecular flexibility index (Phi) is 3.56. The molecule has 0 saturated carbocycles. The Morgan fingerprint density at radius 2 is 2.24 bits per heavy atom. The highest BCUT2D eigenvalue weighted by Gasteiger charge is 2.16. The number of nitrogens with zero attached hydrogens (tertiary/aromatic N) is 2. The first-order valence-electron chi connectivity index (χ1n) is 5.80. The standard InChI is InChI=1S/C13H18N4/c1-3-17-12(7-8-15-17)13(16-14)11-6-4-5-10(2)9-11/h4-9,13,16H,3,14H2,1-2H3. The van der Waals surface area contributed by atoms with Crippen molar-refractivity contribution in [2.45, 2.75) is 26.4 Å². The molecule has 0 radical (unpaired) electrons. The third-order valence-corrected chi connectivity index (χ3v) is 2.89. The van der Waals surface area contributed by atoms with Gasteiger partial charge in [0.1, 0.15) is 0 Å². The van der Waals surface area contributed by atoms with Crippen molar-refractivity contribution < 1.29 is 0 Å². The molecule has 0 aliphatic heterocycles. The van der Waals surface area contributed by atoms with Crippen molar-refractivity contribution in [3.05, 3.63) is 53.3 Å². The lowest BCUT2D eigenvalue weighted by atomic mass is 10.0. The number of nitrogens with two attached hydrogens (primary N) is 1. The summed E-state index contributed by atoms with van der Waals surface area (Å²) in [6.07, 6.45) is 1.80. The van der Waals surface area contributed by atoms with E-state index in [0.717, 1.165) is 17.8 Å². The van der Waals surface area contributed by atoms with Crippen LogP contribution in [0.2, 0.25) is 0 Å². The van der Waals surface area contributed by atoms with Crippen LogP contribution in [0.25, 0.3) is 0 Å². The number of rotatable bonds is 4. The zero-order valence-corrected chi connectivity index (χ0v) is 10.2. The van der Waals surface area contributed by atoms with Crippen molar-refractivity contribution in [2.24, 2.45) is 5.84 Å². The number of benzene rings is 1. The molecule has 3 N–H and O–H groups in total. The van der Waals surface area contributed by atoms with Crippen LogP contribution in [0.4, 0.5) is 0 Å². The predicted molar refractivity (Wildman–Crippen MR) is 68.2 cm³/mol. The van der Waals surface area contributed by atoms with Crippen LogP contribution in [-0.2, 0) is 6.54 Å². The molecule has 1 heterocycles. The van der Waals surface area contributed by atoms with Crippen LogP contribution >= 0.6 is 0 Å². The van der Waals surface area contributed by atoms with Crippen molar-refractivity contribution in [2.75, 3.05) is 0 Å². The Bertz CT molecular complexity index is 490. The van der Waals surface area contributed by atoms with Gasteiger partial charge in [-0.25, -0.2) is 5.43 Å². The van der Waals surface area contributed by atoms with Crippen LogP contribution in [-0.4, -0.2) is 9.78 Å². The molecule has 1 atom stereocenters. The second-order valence-electron chi connectivity index (χ2n) is 4.09. The fourth-order valence-electron chi connectivity index (χ4n) is 2.05. The zero-order valence-electron chi connectivity index (χ0n) is 10.2. The van der Waals surface area contributed by atoms with Crippen LogP contribution in [0.3, 0.4) is 0 Å². The topological polar surface area (TPSA) is 55.9 Å². The van der Waals surface area contributed by atoms with E-state index in [2.05, 4.69) is 42.6 Å². The molecule has 2 aromatic rings. The molecule has 2 rings (SSSR count). The second-order valence-corrected chi connectivity index (χ2v) is 4.09. The van der Waals surface area contributed by atoms with Gasteiger partial charge in [-0.15, -0.1) is 0 Å². The number of hydrazine groups is 1. The first kappa shape index (κ1) is 11.8. The molecular formula is C13H18N4. The summed E-state index contributed by atoms with van der Waals surface area (Å²) < 4.78 is 1.95. The van der Waals surface area contributed by atoms with E-state index >= 15 is 0 Å². The highest BCUT2D eigenvalue weighted by atomic mass is 15.3. The molecule has 0 spiro atoms. The first-order valence-corrected chi connectivity index (χ1v) is 5.80. The molecule has 0 bridgehead atoms. The minimum Gasteiger partial charge on any atom is -0.271 e. The molecule has 4 nitrogen and oxygen atoms in total. The second kappa shape index (κ2) is 5.12. The van der Waals surface area contributed by atoms with E-state index in [-0.39, 0.29) is 6.04 Å². The summed E-state index contributed by atoms with van der Waals surface area (Å²) in [5, 5.41) is 4.27. The van der Waals surface area contributed by atoms with Gasteiger partial charge in [0.25, 0.3) is 0 Å². The Balaban J connectivity index is 2.40. The van der Waals surface area contributed by atoms with E-state index in [1.54, 1.807) is 6.20 Å². The van der Waals surface area contributed by atoms with E-state index in [0.29, 0.717) is 0 Å². The van der Waals surface area contributed by atoms with Gasteiger partial charge in [0, 0.05) is 12.7 Å². The molecule has 0 fully saturated rings. The Hall–Kier alpha value is -1.65. The molecule has 0 amide bonds. The average Bonchev–Trinajstić information content (AvgIpc) is 2.78. The molecule has 1 unspecified atom stereocenters. The molecule has 1 aromatic heterocycles.